The number of thioether (sulfide) groups is 2. The van der Waals surface area contributed by atoms with Gasteiger partial charge in [0, 0.05) is 41.5 Å². The molecule has 24 atom stereocenters. The number of aromatic nitrogens is 1. The van der Waals surface area contributed by atoms with Crippen molar-refractivity contribution in [2.75, 3.05) is 64.3 Å². The Balaban J connectivity index is 0.000000243. The maximum Gasteiger partial charge on any atom is 0.397 e. The molecule has 4 amide bonds. The number of thiazole rings is 1. The molecule has 43 nitrogen and oxygen atoms in total. The molecule has 8 aliphatic heterocycles. The Labute approximate surface area is 601 Å². The fourth-order valence-corrected chi connectivity index (χ4v) is 17.1. The highest BCUT2D eigenvalue weighted by Gasteiger charge is 2.65. The third-order valence-corrected chi connectivity index (χ3v) is 21.9. The summed E-state index contributed by atoms with van der Waals surface area (Å²) in [6, 6.07) is 4.01. The van der Waals surface area contributed by atoms with Crippen molar-refractivity contribution in [3.63, 3.8) is 0 Å². The third-order valence-electron chi connectivity index (χ3n) is 17.3. The Morgan fingerprint density at radius 3 is 1.80 bits per heavy atom. The molecule has 0 aliphatic carbocycles. The molecule has 2 aromatic rings. The number of oxime groups is 1. The van der Waals surface area contributed by atoms with E-state index in [0.717, 1.165) is 34.9 Å². The third kappa shape index (κ3) is 18.4. The van der Waals surface area contributed by atoms with Crippen molar-refractivity contribution in [2.45, 2.75) is 171 Å². The molecule has 0 bridgehead atoms. The standard InChI is InChI=1S/C28H37N5O19S3.C28H39N3O16S2/c1-9(35)48-5-10-7-53-25-16(24(41)33(25)17(10)26(42)43)31-23(40)15(32-47-2)11-8-54-28(30-11)29-3-12(36)20-21(13(37)6-49-20)51-27-19(39)18(38)22(14(4-34)50-27)52-55(44,45)46;1-28(2)22(26(39)40)31-24(38)16(25(31)48-28)30-23(37)15(11-6-4-3-5-7-11)29-8-12(33)19-20(13(34)10-44-19)46-27-18(36)17(35)21(14(9-32)45-27)47-49(41,42)43/h8,12-14,16,18-22,25,27,34,36-39H,3-7H2,1-2H3,(H,29,30)(H,31,40)(H,42,43)(H,44,45,46);3-7,12-22,25,27,29,32-36H,8-10H2,1-2H3,(H,30,37)(H,39,40)(H,41,42,43)/b32-15-;/t12?,13?,14?,16-,18?,19?,20?,21?,22?,25-,27?;12?,13?,14?,15?,16-,17?,18?,19?,20?,21?,22?,25-,27?/m11/s1. The number of carbonyl (C=O) groups is 7. The molecule has 0 radical (unpaired) electrons. The summed E-state index contributed by atoms with van der Waals surface area (Å²) in [6.45, 7) is 1.05. The minimum absolute atomic E-state index is 0.0125. The number of carboxylic acids is 2. The zero-order valence-corrected chi connectivity index (χ0v) is 58.7. The average Bonchev–Trinajstić information content (AvgIpc) is 1.38. The molecule has 20 unspecified atom stereocenters. The first-order valence-electron chi connectivity index (χ1n) is 31.2. The van der Waals surface area contributed by atoms with Gasteiger partial charge in [0.1, 0.15) is 152 Å². The normalized spacial score (nSPS) is 34.1. The lowest BCUT2D eigenvalue weighted by Crippen LogP contribution is -2.71. The van der Waals surface area contributed by atoms with E-state index >= 15 is 0 Å². The average molecular weight is 1580 g/mol. The number of carbonyl (C=O) groups excluding carboxylic acids is 5. The van der Waals surface area contributed by atoms with Gasteiger partial charge in [-0.3, -0.25) is 43.3 Å². The van der Waals surface area contributed by atoms with Crippen LogP contribution in [0.2, 0.25) is 0 Å². The number of anilines is 1. The number of carboxylic acid groups (broad SMARTS) is 2. The maximum atomic E-state index is 13.6. The van der Waals surface area contributed by atoms with Crippen LogP contribution in [0.3, 0.4) is 0 Å². The molecule has 1 aromatic heterocycles. The predicted molar refractivity (Wildman–Crippen MR) is 345 cm³/mol. The Morgan fingerprint density at radius 2 is 1.30 bits per heavy atom. The van der Waals surface area contributed by atoms with E-state index in [4.69, 9.17) is 47.1 Å². The van der Waals surface area contributed by atoms with Crippen LogP contribution in [0, 0.1) is 0 Å². The number of amides is 4. The van der Waals surface area contributed by atoms with E-state index in [1.54, 1.807) is 44.2 Å². The Bertz CT molecular complexity index is 3750. The van der Waals surface area contributed by atoms with Gasteiger partial charge in [-0.1, -0.05) is 35.5 Å². The van der Waals surface area contributed by atoms with Gasteiger partial charge in [0.05, 0.1) is 32.5 Å². The number of aliphatic hydroxyl groups is 10. The van der Waals surface area contributed by atoms with Crippen LogP contribution in [0.25, 0.3) is 0 Å². The molecule has 10 rings (SSSR count). The Hall–Kier alpha value is -6.09. The van der Waals surface area contributed by atoms with E-state index in [9.17, 15) is 112 Å². The molecular formula is C56H76N8O35S5. The van der Waals surface area contributed by atoms with Crippen LogP contribution in [0.4, 0.5) is 5.13 Å². The van der Waals surface area contributed by atoms with Crippen molar-refractivity contribution in [1.82, 2.24) is 30.7 Å². The van der Waals surface area contributed by atoms with Crippen LogP contribution in [-0.2, 0) is 101 Å². The SMILES string of the molecule is CC1(C)S[C@@H]2[C@H](NC(=O)C(NCC(O)C3OCC(O)C3OC3OC(CO)C(OS(=O)(=O)O)C(O)C3O)c3ccccc3)C(=O)N2C1C(=O)O.CO/N=C(\C(=O)N[C@@H]1C(=O)N2C(C(=O)O)=C(COC(C)=O)CS[C@H]12)c1csc(NCC(O)C2OCC(O)C2OC2OC(CO)C(OS(=O)(=O)O)C(O)C2O)n1. The molecule has 0 spiro atoms. The first kappa shape index (κ1) is 82.0. The molecule has 580 valence electrons. The van der Waals surface area contributed by atoms with Gasteiger partial charge in [-0.15, -0.1) is 34.9 Å². The van der Waals surface area contributed by atoms with Crippen molar-refractivity contribution in [3.05, 3.63) is 58.2 Å². The van der Waals surface area contributed by atoms with Crippen molar-refractivity contribution < 1.29 is 167 Å². The Kier molecular flexibility index (Phi) is 26.8. The number of fused-ring (bicyclic) bond motifs is 2. The number of ether oxygens (including phenoxy) is 7. The lowest BCUT2D eigenvalue weighted by Gasteiger charge is -2.49. The van der Waals surface area contributed by atoms with Crippen LogP contribution in [-0.4, -0.2) is 352 Å². The van der Waals surface area contributed by atoms with Gasteiger partial charge in [-0.2, -0.15) is 16.8 Å². The molecule has 0 saturated carbocycles. The van der Waals surface area contributed by atoms with E-state index in [-0.39, 0.29) is 66.5 Å². The highest BCUT2D eigenvalue weighted by atomic mass is 32.3. The van der Waals surface area contributed by atoms with Crippen molar-refractivity contribution in [2.24, 2.45) is 5.16 Å². The molecule has 1 aromatic carbocycles. The second-order valence-electron chi connectivity index (χ2n) is 24.7. The lowest BCUT2D eigenvalue weighted by molar-refractivity contribution is -0.316. The monoisotopic (exact) mass is 1580 g/mol. The second-order valence-corrected chi connectivity index (χ2v) is 30.6. The number of esters is 1. The van der Waals surface area contributed by atoms with Crippen LogP contribution in [0.15, 0.2) is 52.1 Å². The first-order chi connectivity index (χ1) is 48.9. The van der Waals surface area contributed by atoms with Gasteiger partial charge < -0.3 is 120 Å². The Morgan fingerprint density at radius 1 is 0.760 bits per heavy atom. The largest absolute Gasteiger partial charge is 0.480 e. The van der Waals surface area contributed by atoms with Gasteiger partial charge >= 0.3 is 38.7 Å². The fraction of sp³-hybridized carbons (Fsp3) is 0.661. The number of nitrogens with one attached hydrogen (secondary N) is 4. The number of β-lactam (4-membered cyclic amide) rings is 2. The van der Waals surface area contributed by atoms with E-state index < -0.39 is 225 Å². The summed E-state index contributed by atoms with van der Waals surface area (Å²) in [6.07, 6.45) is -29.9. The summed E-state index contributed by atoms with van der Waals surface area (Å²) in [5.74, 6) is -5.86. The summed E-state index contributed by atoms with van der Waals surface area (Å²) in [5, 5.41) is 139. The molecular weight excluding hydrogens is 1500 g/mol. The molecule has 7 fully saturated rings. The second kappa shape index (κ2) is 34.0. The van der Waals surface area contributed by atoms with E-state index in [2.05, 4.69) is 39.8 Å². The lowest BCUT2D eigenvalue weighted by atomic mass is 9.95. The van der Waals surface area contributed by atoms with Gasteiger partial charge in [0.2, 0.25) is 11.8 Å². The minimum Gasteiger partial charge on any atom is -0.480 e. The van der Waals surface area contributed by atoms with Gasteiger partial charge in [-0.25, -0.2) is 22.9 Å². The summed E-state index contributed by atoms with van der Waals surface area (Å²) < 4.78 is 108. The molecule has 7 saturated heterocycles. The summed E-state index contributed by atoms with van der Waals surface area (Å²) >= 11 is 3.39. The first-order valence-corrected chi connectivity index (χ1v) is 36.7. The molecule has 104 heavy (non-hydrogen) atoms. The fourth-order valence-electron chi connectivity index (χ4n) is 12.4. The maximum absolute atomic E-state index is 13.6. The van der Waals surface area contributed by atoms with E-state index in [1.807, 2.05) is 0 Å². The smallest absolute Gasteiger partial charge is 0.397 e. The van der Waals surface area contributed by atoms with Crippen LogP contribution < -0.4 is 21.3 Å². The quantitative estimate of drug-likeness (QED) is 0.0118. The van der Waals surface area contributed by atoms with Crippen LogP contribution >= 0.6 is 34.9 Å². The van der Waals surface area contributed by atoms with Crippen LogP contribution in [0.5, 0.6) is 0 Å². The predicted octanol–water partition coefficient (Wildman–Crippen LogP) is -8.58. The van der Waals surface area contributed by atoms with Crippen LogP contribution in [0.1, 0.15) is 38.1 Å². The molecule has 8 aliphatic rings. The van der Waals surface area contributed by atoms with Gasteiger partial charge in [0.15, 0.2) is 23.4 Å². The molecule has 9 heterocycles. The van der Waals surface area contributed by atoms with E-state index in [0.29, 0.717) is 5.56 Å². The zero-order valence-electron chi connectivity index (χ0n) is 54.6. The highest BCUT2D eigenvalue weighted by molar-refractivity contribution is 8.01. The van der Waals surface area contributed by atoms with Gasteiger partial charge in [0.25, 0.3) is 11.8 Å². The molecule has 18 N–H and O–H groups in total. The number of aliphatic carboxylic acids is 2. The highest BCUT2D eigenvalue weighted by Crippen LogP contribution is 2.51. The van der Waals surface area contributed by atoms with Crippen molar-refractivity contribution in [1.29, 1.82) is 0 Å². The van der Waals surface area contributed by atoms with E-state index in [1.165, 1.54) is 29.2 Å². The number of aliphatic hydroxyl groups excluding tert-OH is 10. The number of hydrogen-bond donors (Lipinski definition) is 18. The van der Waals surface area contributed by atoms with Crippen molar-refractivity contribution in [3.8, 4) is 0 Å². The zero-order chi connectivity index (χ0) is 76.4. The number of benzene rings is 1. The summed E-state index contributed by atoms with van der Waals surface area (Å²) in [4.78, 5) is 99.4. The summed E-state index contributed by atoms with van der Waals surface area (Å²) in [5.41, 5.74) is -0.0222. The summed E-state index contributed by atoms with van der Waals surface area (Å²) in [7, 11) is -9.09. The number of nitrogens with zero attached hydrogens (tertiary/aromatic N) is 4. The number of rotatable bonds is 29. The minimum atomic E-state index is -5.13. The topological polar surface area (TPSA) is 643 Å². The number of hydrogen-bond acceptors (Lipinski definition) is 38. The van der Waals surface area contributed by atoms with Gasteiger partial charge in [-0.05, 0) is 19.4 Å². The van der Waals surface area contributed by atoms with Crippen molar-refractivity contribution >= 4 is 108 Å². The molecule has 48 heteroatoms.